The number of ether oxygens (including phenoxy) is 1. The molecule has 2 N–H and O–H groups in total. The van der Waals surface area contributed by atoms with Crippen molar-refractivity contribution in [1.82, 2.24) is 5.32 Å². The fourth-order valence-electron chi connectivity index (χ4n) is 2.60. The lowest BCUT2D eigenvalue weighted by atomic mass is 10.1. The van der Waals surface area contributed by atoms with Gasteiger partial charge in [-0.05, 0) is 31.9 Å². The summed E-state index contributed by atoms with van der Waals surface area (Å²) in [4.78, 5) is 23.0. The van der Waals surface area contributed by atoms with Crippen molar-refractivity contribution >= 4 is 22.8 Å². The van der Waals surface area contributed by atoms with Crippen molar-refractivity contribution in [1.29, 1.82) is 0 Å². The fourth-order valence-corrected chi connectivity index (χ4v) is 2.60. The van der Waals surface area contributed by atoms with E-state index >= 15 is 0 Å². The van der Waals surface area contributed by atoms with E-state index in [4.69, 9.17) is 14.3 Å². The van der Waals surface area contributed by atoms with Gasteiger partial charge in [0.2, 0.25) is 5.91 Å². The third-order valence-electron chi connectivity index (χ3n) is 3.82. The Labute approximate surface area is 127 Å². The van der Waals surface area contributed by atoms with Gasteiger partial charge in [-0.25, -0.2) is 4.79 Å². The van der Waals surface area contributed by atoms with Gasteiger partial charge in [0, 0.05) is 5.39 Å². The Morgan fingerprint density at radius 3 is 2.68 bits per heavy atom. The maximum absolute atomic E-state index is 12.1. The van der Waals surface area contributed by atoms with E-state index in [0.29, 0.717) is 18.6 Å². The highest BCUT2D eigenvalue weighted by atomic mass is 16.5. The van der Waals surface area contributed by atoms with E-state index in [9.17, 15) is 9.59 Å². The van der Waals surface area contributed by atoms with Gasteiger partial charge in [-0.1, -0.05) is 18.2 Å². The van der Waals surface area contributed by atoms with E-state index in [0.717, 1.165) is 11.0 Å². The maximum Gasteiger partial charge on any atom is 0.332 e. The van der Waals surface area contributed by atoms with Crippen LogP contribution in [0.15, 0.2) is 34.7 Å². The average molecular weight is 303 g/mol. The molecule has 1 fully saturated rings. The zero-order valence-electron chi connectivity index (χ0n) is 12.1. The summed E-state index contributed by atoms with van der Waals surface area (Å²) in [7, 11) is 0. The minimum absolute atomic E-state index is 0.309. The van der Waals surface area contributed by atoms with Crippen molar-refractivity contribution in [2.45, 2.75) is 38.0 Å². The van der Waals surface area contributed by atoms with Gasteiger partial charge >= 0.3 is 5.97 Å². The van der Waals surface area contributed by atoms with Crippen LogP contribution in [-0.2, 0) is 14.3 Å². The van der Waals surface area contributed by atoms with E-state index in [1.807, 2.05) is 37.3 Å². The summed E-state index contributed by atoms with van der Waals surface area (Å²) < 4.78 is 10.9. The molecule has 1 amide bonds. The quantitative estimate of drug-likeness (QED) is 0.904. The fraction of sp³-hybridized carbons (Fsp3) is 0.375. The standard InChI is InChI=1S/C16H17NO5/c1-9(14-8-10-4-2-3-5-11(10)21-14)17-15(18)12-6-7-13(22-12)16(19)20/h2-5,8-9,12-13H,6-7H2,1H3,(H,17,18)(H,19,20)/t9-,12-,13+/m0/s1. The van der Waals surface area contributed by atoms with Crippen molar-refractivity contribution in [3.63, 3.8) is 0 Å². The molecular formula is C16H17NO5. The molecule has 2 heterocycles. The first kappa shape index (κ1) is 14.6. The summed E-state index contributed by atoms with van der Waals surface area (Å²) in [5.74, 6) is -0.681. The highest BCUT2D eigenvalue weighted by Gasteiger charge is 2.35. The van der Waals surface area contributed by atoms with Crippen molar-refractivity contribution in [3.05, 3.63) is 36.1 Å². The van der Waals surface area contributed by atoms with E-state index in [2.05, 4.69) is 5.32 Å². The van der Waals surface area contributed by atoms with E-state index in [1.54, 1.807) is 0 Å². The minimum Gasteiger partial charge on any atom is -0.479 e. The number of rotatable bonds is 4. The van der Waals surface area contributed by atoms with Gasteiger partial charge in [0.1, 0.15) is 17.4 Å². The van der Waals surface area contributed by atoms with Crippen LogP contribution in [0.2, 0.25) is 0 Å². The van der Waals surface area contributed by atoms with Crippen LogP contribution in [0.3, 0.4) is 0 Å². The van der Waals surface area contributed by atoms with E-state index in [-0.39, 0.29) is 11.9 Å². The highest BCUT2D eigenvalue weighted by molar-refractivity contribution is 5.83. The van der Waals surface area contributed by atoms with Crippen LogP contribution in [0.5, 0.6) is 0 Å². The second-order valence-corrected chi connectivity index (χ2v) is 5.45. The van der Waals surface area contributed by atoms with Crippen molar-refractivity contribution < 1.29 is 23.8 Å². The summed E-state index contributed by atoms with van der Waals surface area (Å²) in [5, 5.41) is 12.7. The van der Waals surface area contributed by atoms with Crippen LogP contribution < -0.4 is 5.32 Å². The van der Waals surface area contributed by atoms with Crippen molar-refractivity contribution in [3.8, 4) is 0 Å². The van der Waals surface area contributed by atoms with E-state index < -0.39 is 18.2 Å². The molecule has 22 heavy (non-hydrogen) atoms. The molecule has 2 aromatic rings. The summed E-state index contributed by atoms with van der Waals surface area (Å²) in [6.07, 6.45) is -0.840. The molecule has 1 saturated heterocycles. The van der Waals surface area contributed by atoms with Crippen molar-refractivity contribution in [2.24, 2.45) is 0 Å². The van der Waals surface area contributed by atoms with Gasteiger partial charge in [0.15, 0.2) is 6.10 Å². The Morgan fingerprint density at radius 1 is 1.27 bits per heavy atom. The number of fused-ring (bicyclic) bond motifs is 1. The number of hydrogen-bond acceptors (Lipinski definition) is 4. The smallest absolute Gasteiger partial charge is 0.332 e. The maximum atomic E-state index is 12.1. The number of hydrogen-bond donors (Lipinski definition) is 2. The number of carboxylic acids is 1. The predicted octanol–water partition coefficient (Wildman–Crippen LogP) is 2.24. The Balaban J connectivity index is 1.65. The molecule has 0 aliphatic carbocycles. The number of carboxylic acid groups (broad SMARTS) is 1. The van der Waals surface area contributed by atoms with Gasteiger partial charge in [0.25, 0.3) is 0 Å². The largest absolute Gasteiger partial charge is 0.479 e. The zero-order chi connectivity index (χ0) is 15.7. The number of amides is 1. The number of aliphatic carboxylic acids is 1. The van der Waals surface area contributed by atoms with Gasteiger partial charge in [-0.3, -0.25) is 4.79 Å². The molecule has 116 valence electrons. The molecule has 0 bridgehead atoms. The van der Waals surface area contributed by atoms with Gasteiger partial charge in [-0.15, -0.1) is 0 Å². The number of furan rings is 1. The number of para-hydroxylation sites is 1. The van der Waals surface area contributed by atoms with Crippen LogP contribution in [0, 0.1) is 0 Å². The Bertz CT molecular complexity index is 674. The van der Waals surface area contributed by atoms with Crippen LogP contribution in [0.4, 0.5) is 0 Å². The van der Waals surface area contributed by atoms with Gasteiger partial charge < -0.3 is 19.6 Å². The summed E-state index contributed by atoms with van der Waals surface area (Å²) in [6, 6.07) is 9.18. The van der Waals surface area contributed by atoms with Crippen molar-refractivity contribution in [2.75, 3.05) is 0 Å². The zero-order valence-corrected chi connectivity index (χ0v) is 12.1. The molecule has 0 spiro atoms. The number of carbonyl (C=O) groups is 2. The molecule has 3 atom stereocenters. The predicted molar refractivity (Wildman–Crippen MR) is 78.3 cm³/mol. The Hall–Kier alpha value is -2.34. The minimum atomic E-state index is -1.03. The second-order valence-electron chi connectivity index (χ2n) is 5.45. The second kappa shape index (κ2) is 5.81. The number of carbonyl (C=O) groups excluding carboxylic acids is 1. The molecule has 1 aliphatic rings. The Kier molecular flexibility index (Phi) is 3.85. The topological polar surface area (TPSA) is 88.8 Å². The summed E-state index contributed by atoms with van der Waals surface area (Å²) >= 11 is 0. The lowest BCUT2D eigenvalue weighted by molar-refractivity contribution is -0.151. The first-order valence-electron chi connectivity index (χ1n) is 7.21. The lowest BCUT2D eigenvalue weighted by Crippen LogP contribution is -2.36. The molecule has 0 saturated carbocycles. The lowest BCUT2D eigenvalue weighted by Gasteiger charge is -2.15. The monoisotopic (exact) mass is 303 g/mol. The van der Waals surface area contributed by atoms with Crippen LogP contribution in [0.25, 0.3) is 11.0 Å². The van der Waals surface area contributed by atoms with Gasteiger partial charge in [-0.2, -0.15) is 0 Å². The third-order valence-corrected chi connectivity index (χ3v) is 3.82. The molecule has 6 nitrogen and oxygen atoms in total. The molecule has 1 aromatic heterocycles. The third kappa shape index (κ3) is 2.82. The Morgan fingerprint density at radius 2 is 2.00 bits per heavy atom. The van der Waals surface area contributed by atoms with Crippen LogP contribution in [-0.4, -0.2) is 29.2 Å². The normalized spacial score (nSPS) is 22.6. The molecule has 1 aliphatic heterocycles. The molecule has 0 radical (unpaired) electrons. The molecular weight excluding hydrogens is 286 g/mol. The number of nitrogens with one attached hydrogen (secondary N) is 1. The highest BCUT2D eigenvalue weighted by Crippen LogP contribution is 2.25. The number of benzene rings is 1. The van der Waals surface area contributed by atoms with E-state index in [1.165, 1.54) is 0 Å². The first-order valence-corrected chi connectivity index (χ1v) is 7.21. The SMILES string of the molecule is C[C@H](NC(=O)[C@@H]1CC[C@H](C(=O)O)O1)c1cc2ccccc2o1. The summed E-state index contributed by atoms with van der Waals surface area (Å²) in [5.41, 5.74) is 0.765. The first-order chi connectivity index (χ1) is 10.5. The molecule has 0 unspecified atom stereocenters. The molecule has 3 rings (SSSR count). The molecule has 1 aromatic carbocycles. The molecule has 6 heteroatoms. The van der Waals surface area contributed by atoms with Crippen LogP contribution >= 0.6 is 0 Å². The van der Waals surface area contributed by atoms with Gasteiger partial charge in [0.05, 0.1) is 6.04 Å². The average Bonchev–Trinajstić information content (AvgIpc) is 3.14. The van der Waals surface area contributed by atoms with Crippen LogP contribution in [0.1, 0.15) is 31.6 Å². The summed E-state index contributed by atoms with van der Waals surface area (Å²) in [6.45, 7) is 1.82.